The molecule has 1 saturated heterocycles. The smallest absolute Gasteiger partial charge is 0.246 e. The van der Waals surface area contributed by atoms with Gasteiger partial charge in [0.2, 0.25) is 15.9 Å². The van der Waals surface area contributed by atoms with Gasteiger partial charge in [0.1, 0.15) is 16.4 Å². The summed E-state index contributed by atoms with van der Waals surface area (Å²) in [6.45, 7) is 2.38. The molecule has 1 atom stereocenters. The number of piperidine rings is 1. The van der Waals surface area contributed by atoms with Crippen molar-refractivity contribution < 1.29 is 32.2 Å². The van der Waals surface area contributed by atoms with Crippen LogP contribution < -0.4 is 24.3 Å². The van der Waals surface area contributed by atoms with E-state index in [1.165, 1.54) is 24.6 Å². The average Bonchev–Trinajstić information content (AvgIpc) is 2.87. The van der Waals surface area contributed by atoms with Gasteiger partial charge < -0.3 is 24.3 Å². The molecule has 1 aliphatic heterocycles. The number of carbonyl (C=O) groups excluding carboxylic acids is 1. The fraction of sp³-hybridized carbons (Fsp3) is 0.458. The Labute approximate surface area is 201 Å². The van der Waals surface area contributed by atoms with Crippen LogP contribution in [0.25, 0.3) is 0 Å². The van der Waals surface area contributed by atoms with Crippen molar-refractivity contribution in [1.82, 2.24) is 9.62 Å². The van der Waals surface area contributed by atoms with Gasteiger partial charge in [0.15, 0.2) is 11.5 Å². The van der Waals surface area contributed by atoms with Crippen molar-refractivity contribution in [1.29, 1.82) is 0 Å². The Kier molecular flexibility index (Phi) is 8.27. The SMILES string of the molecule is COc1ccc(OC)c(S(=O)(=O)N2CCC(C(=O)NC(C)c3ccc(OC)c(OC)c3)CC2)c1. The van der Waals surface area contributed by atoms with Crippen LogP contribution in [-0.2, 0) is 14.8 Å². The van der Waals surface area contributed by atoms with Crippen molar-refractivity contribution in [3.05, 3.63) is 42.0 Å². The number of rotatable bonds is 9. The van der Waals surface area contributed by atoms with E-state index >= 15 is 0 Å². The predicted molar refractivity (Wildman–Crippen MR) is 127 cm³/mol. The van der Waals surface area contributed by atoms with Gasteiger partial charge in [-0.3, -0.25) is 4.79 Å². The zero-order valence-corrected chi connectivity index (χ0v) is 21.0. The van der Waals surface area contributed by atoms with Gasteiger partial charge in [-0.25, -0.2) is 8.42 Å². The Morgan fingerprint density at radius 1 is 0.912 bits per heavy atom. The van der Waals surface area contributed by atoms with E-state index in [4.69, 9.17) is 18.9 Å². The number of benzene rings is 2. The Morgan fingerprint density at radius 2 is 1.53 bits per heavy atom. The number of amides is 1. The largest absolute Gasteiger partial charge is 0.497 e. The van der Waals surface area contributed by atoms with Gasteiger partial charge in [-0.05, 0) is 49.6 Å². The number of ether oxygens (including phenoxy) is 4. The van der Waals surface area contributed by atoms with Crippen LogP contribution in [0.3, 0.4) is 0 Å². The summed E-state index contributed by atoms with van der Waals surface area (Å²) in [7, 11) is 2.24. The zero-order valence-electron chi connectivity index (χ0n) is 20.2. The van der Waals surface area contributed by atoms with Crippen LogP contribution in [0, 0.1) is 5.92 Å². The molecule has 9 nitrogen and oxygen atoms in total. The first-order chi connectivity index (χ1) is 16.2. The molecule has 1 N–H and O–H groups in total. The van der Waals surface area contributed by atoms with Crippen LogP contribution in [0.15, 0.2) is 41.3 Å². The molecular weight excluding hydrogens is 460 g/mol. The average molecular weight is 493 g/mol. The van der Waals surface area contributed by atoms with Crippen LogP contribution in [-0.4, -0.2) is 60.2 Å². The van der Waals surface area contributed by atoms with E-state index in [-0.39, 0.29) is 41.6 Å². The van der Waals surface area contributed by atoms with Crippen molar-refractivity contribution in [2.24, 2.45) is 5.92 Å². The summed E-state index contributed by atoms with van der Waals surface area (Å²) in [5.74, 6) is 1.51. The fourth-order valence-corrected chi connectivity index (χ4v) is 5.66. The van der Waals surface area contributed by atoms with Gasteiger partial charge in [0.25, 0.3) is 0 Å². The second-order valence-electron chi connectivity index (χ2n) is 8.04. The Morgan fingerprint density at radius 3 is 2.12 bits per heavy atom. The molecule has 0 saturated carbocycles. The molecule has 1 aliphatic rings. The minimum atomic E-state index is -3.80. The highest BCUT2D eigenvalue weighted by Crippen LogP contribution is 2.33. The number of nitrogens with one attached hydrogen (secondary N) is 1. The maximum absolute atomic E-state index is 13.3. The van der Waals surface area contributed by atoms with E-state index in [2.05, 4.69) is 5.32 Å². The first-order valence-electron chi connectivity index (χ1n) is 11.0. The first kappa shape index (κ1) is 25.6. The lowest BCUT2D eigenvalue weighted by Gasteiger charge is -2.31. The number of hydrogen-bond donors (Lipinski definition) is 1. The molecule has 0 radical (unpaired) electrons. The molecule has 2 aromatic rings. The minimum absolute atomic E-state index is 0.0549. The molecular formula is C24H32N2O7S. The second kappa shape index (κ2) is 11.0. The first-order valence-corrected chi connectivity index (χ1v) is 12.4. The minimum Gasteiger partial charge on any atom is -0.497 e. The van der Waals surface area contributed by atoms with Crippen molar-refractivity contribution in [2.45, 2.75) is 30.7 Å². The molecule has 186 valence electrons. The Balaban J connectivity index is 1.65. The number of sulfonamides is 1. The van der Waals surface area contributed by atoms with E-state index in [9.17, 15) is 13.2 Å². The zero-order chi connectivity index (χ0) is 24.9. The molecule has 1 amide bonds. The summed E-state index contributed by atoms with van der Waals surface area (Å²) < 4.78 is 48.9. The number of methoxy groups -OCH3 is 4. The van der Waals surface area contributed by atoms with Gasteiger partial charge >= 0.3 is 0 Å². The lowest BCUT2D eigenvalue weighted by atomic mass is 9.96. The third-order valence-electron chi connectivity index (χ3n) is 6.08. The highest BCUT2D eigenvalue weighted by atomic mass is 32.2. The summed E-state index contributed by atoms with van der Waals surface area (Å²) in [6, 6.07) is 9.94. The predicted octanol–water partition coefficient (Wildman–Crippen LogP) is 3.00. The summed E-state index contributed by atoms with van der Waals surface area (Å²) >= 11 is 0. The van der Waals surface area contributed by atoms with E-state index in [0.29, 0.717) is 30.1 Å². The fourth-order valence-electron chi connectivity index (χ4n) is 4.02. The summed E-state index contributed by atoms with van der Waals surface area (Å²) in [5.41, 5.74) is 0.885. The molecule has 1 heterocycles. The van der Waals surface area contributed by atoms with Crippen LogP contribution in [0.2, 0.25) is 0 Å². The standard InChI is InChI=1S/C24H32N2O7S/c1-16(18-6-8-20(31-3)22(14-18)33-5)25-24(27)17-10-12-26(13-11-17)34(28,29)23-15-19(30-2)7-9-21(23)32-4/h6-9,14-17H,10-13H2,1-5H3,(H,25,27). The quantitative estimate of drug-likeness (QED) is 0.574. The van der Waals surface area contributed by atoms with Gasteiger partial charge in [0, 0.05) is 25.1 Å². The molecule has 0 spiro atoms. The number of nitrogens with zero attached hydrogens (tertiary/aromatic N) is 1. The maximum Gasteiger partial charge on any atom is 0.246 e. The van der Waals surface area contributed by atoms with Crippen LogP contribution in [0.5, 0.6) is 23.0 Å². The molecule has 0 aliphatic carbocycles. The third kappa shape index (κ3) is 5.39. The summed E-state index contributed by atoms with van der Waals surface area (Å²) in [5, 5.41) is 3.03. The van der Waals surface area contributed by atoms with Gasteiger partial charge in [-0.1, -0.05) is 6.07 Å². The molecule has 10 heteroatoms. The summed E-state index contributed by atoms with van der Waals surface area (Å²) in [4.78, 5) is 13.0. The van der Waals surface area contributed by atoms with E-state index in [0.717, 1.165) is 5.56 Å². The van der Waals surface area contributed by atoms with Crippen molar-refractivity contribution >= 4 is 15.9 Å². The van der Waals surface area contributed by atoms with E-state index < -0.39 is 10.0 Å². The van der Waals surface area contributed by atoms with Gasteiger partial charge in [-0.2, -0.15) is 4.31 Å². The van der Waals surface area contributed by atoms with Gasteiger partial charge in [-0.15, -0.1) is 0 Å². The highest BCUT2D eigenvalue weighted by Gasteiger charge is 2.34. The van der Waals surface area contributed by atoms with Gasteiger partial charge in [0.05, 0.1) is 34.5 Å². The van der Waals surface area contributed by atoms with Crippen molar-refractivity contribution in [3.8, 4) is 23.0 Å². The lowest BCUT2D eigenvalue weighted by Crippen LogP contribution is -2.43. The normalized spacial score (nSPS) is 15.9. The Hall–Kier alpha value is -2.98. The lowest BCUT2D eigenvalue weighted by molar-refractivity contribution is -0.126. The second-order valence-corrected chi connectivity index (χ2v) is 9.95. The molecule has 2 aromatic carbocycles. The summed E-state index contributed by atoms with van der Waals surface area (Å²) in [6.07, 6.45) is 0.853. The monoisotopic (exact) mass is 492 g/mol. The van der Waals surface area contributed by atoms with E-state index in [1.807, 2.05) is 19.1 Å². The molecule has 3 rings (SSSR count). The molecule has 34 heavy (non-hydrogen) atoms. The molecule has 0 aromatic heterocycles. The van der Waals surface area contributed by atoms with Crippen LogP contribution in [0.4, 0.5) is 0 Å². The Bertz CT molecular complexity index is 1110. The topological polar surface area (TPSA) is 103 Å². The maximum atomic E-state index is 13.3. The van der Waals surface area contributed by atoms with Crippen LogP contribution >= 0.6 is 0 Å². The van der Waals surface area contributed by atoms with E-state index in [1.54, 1.807) is 32.4 Å². The number of carbonyl (C=O) groups is 1. The number of hydrogen-bond acceptors (Lipinski definition) is 7. The van der Waals surface area contributed by atoms with Crippen LogP contribution in [0.1, 0.15) is 31.4 Å². The third-order valence-corrected chi connectivity index (χ3v) is 8.00. The van der Waals surface area contributed by atoms with Crippen molar-refractivity contribution in [2.75, 3.05) is 41.5 Å². The molecule has 0 bridgehead atoms. The van der Waals surface area contributed by atoms with Crippen molar-refractivity contribution in [3.63, 3.8) is 0 Å². The highest BCUT2D eigenvalue weighted by molar-refractivity contribution is 7.89. The molecule has 1 unspecified atom stereocenters. The molecule has 1 fully saturated rings.